The molecule has 0 aromatic carbocycles. The third-order valence-electron chi connectivity index (χ3n) is 4.20. The Bertz CT molecular complexity index is 382. The summed E-state index contributed by atoms with van der Waals surface area (Å²) in [6.07, 6.45) is 8.66. The molecule has 0 bridgehead atoms. The highest BCUT2D eigenvalue weighted by atomic mass is 16.3. The number of nitrogens with zero attached hydrogens (tertiary/aromatic N) is 3. The van der Waals surface area contributed by atoms with Gasteiger partial charge in [0.2, 0.25) is 0 Å². The summed E-state index contributed by atoms with van der Waals surface area (Å²) in [4.78, 5) is 4.72. The molecule has 0 radical (unpaired) electrons. The largest absolute Gasteiger partial charge is 0.396 e. The molecule has 0 spiro atoms. The van der Waals surface area contributed by atoms with E-state index in [4.69, 9.17) is 4.98 Å². The third kappa shape index (κ3) is 2.10. The summed E-state index contributed by atoms with van der Waals surface area (Å²) >= 11 is 0. The summed E-state index contributed by atoms with van der Waals surface area (Å²) in [6, 6.07) is 0. The smallest absolute Gasteiger partial charge is 0.154 e. The van der Waals surface area contributed by atoms with Crippen molar-refractivity contribution in [1.29, 1.82) is 0 Å². The molecular weight excluding hydrogens is 214 g/mol. The average molecular weight is 235 g/mol. The molecule has 1 aliphatic heterocycles. The van der Waals surface area contributed by atoms with Crippen molar-refractivity contribution in [2.24, 2.45) is 0 Å². The van der Waals surface area contributed by atoms with E-state index in [0.29, 0.717) is 5.92 Å². The molecule has 3 rings (SSSR count). The topological polar surface area (TPSA) is 50.9 Å². The van der Waals surface area contributed by atoms with Crippen LogP contribution in [0.5, 0.6) is 0 Å². The molecule has 0 saturated heterocycles. The van der Waals surface area contributed by atoms with Crippen molar-refractivity contribution in [3.63, 3.8) is 0 Å². The molecule has 4 heteroatoms. The zero-order valence-electron chi connectivity index (χ0n) is 10.3. The number of aryl methyl sites for hydroxylation is 1. The zero-order chi connectivity index (χ0) is 11.7. The van der Waals surface area contributed by atoms with E-state index in [-0.39, 0.29) is 12.5 Å². The molecule has 1 aromatic heterocycles. The van der Waals surface area contributed by atoms with Gasteiger partial charge in [-0.1, -0.05) is 19.3 Å². The standard InChI is InChI=1S/C13H21N3O/c17-9-11-7-4-8-16-13(11)14-12(15-16)10-5-2-1-3-6-10/h10-11,17H,1-9H2. The number of hydrogen-bond acceptors (Lipinski definition) is 3. The van der Waals surface area contributed by atoms with Crippen molar-refractivity contribution in [2.45, 2.75) is 63.3 Å². The number of rotatable bonds is 2. The Morgan fingerprint density at radius 1 is 1.12 bits per heavy atom. The van der Waals surface area contributed by atoms with Crippen LogP contribution in [0, 0.1) is 0 Å². The predicted molar refractivity (Wildman–Crippen MR) is 64.9 cm³/mol. The van der Waals surface area contributed by atoms with E-state index in [1.54, 1.807) is 0 Å². The van der Waals surface area contributed by atoms with Crippen molar-refractivity contribution in [3.8, 4) is 0 Å². The Balaban J connectivity index is 1.84. The first-order valence-corrected chi connectivity index (χ1v) is 6.94. The number of hydrogen-bond donors (Lipinski definition) is 1. The Kier molecular flexibility index (Phi) is 3.14. The highest BCUT2D eigenvalue weighted by Gasteiger charge is 2.27. The van der Waals surface area contributed by atoms with E-state index in [9.17, 15) is 5.11 Å². The fourth-order valence-corrected chi connectivity index (χ4v) is 3.16. The second-order valence-electron chi connectivity index (χ2n) is 5.41. The minimum atomic E-state index is 0.211. The van der Waals surface area contributed by atoms with E-state index in [1.165, 1.54) is 32.1 Å². The van der Waals surface area contributed by atoms with Crippen LogP contribution >= 0.6 is 0 Å². The van der Waals surface area contributed by atoms with Crippen molar-refractivity contribution in [1.82, 2.24) is 14.8 Å². The van der Waals surface area contributed by atoms with Gasteiger partial charge in [0.1, 0.15) is 5.82 Å². The lowest BCUT2D eigenvalue weighted by atomic mass is 9.89. The van der Waals surface area contributed by atoms with E-state index in [0.717, 1.165) is 31.0 Å². The molecule has 17 heavy (non-hydrogen) atoms. The van der Waals surface area contributed by atoms with E-state index < -0.39 is 0 Å². The SMILES string of the molecule is OCC1CCCn2nc(C3CCCCC3)nc21. The molecule has 1 atom stereocenters. The van der Waals surface area contributed by atoms with Gasteiger partial charge in [-0.15, -0.1) is 0 Å². The molecule has 2 heterocycles. The quantitative estimate of drug-likeness (QED) is 0.855. The first-order chi connectivity index (χ1) is 8.38. The predicted octanol–water partition coefficient (Wildman–Crippen LogP) is 2.20. The number of aliphatic hydroxyl groups excluding tert-OH is 1. The molecule has 1 N–H and O–H groups in total. The maximum Gasteiger partial charge on any atom is 0.154 e. The zero-order valence-corrected chi connectivity index (χ0v) is 10.3. The minimum Gasteiger partial charge on any atom is -0.396 e. The summed E-state index contributed by atoms with van der Waals surface area (Å²) in [5.74, 6) is 2.86. The maximum absolute atomic E-state index is 9.38. The fraction of sp³-hybridized carbons (Fsp3) is 0.846. The van der Waals surface area contributed by atoms with Gasteiger partial charge >= 0.3 is 0 Å². The van der Waals surface area contributed by atoms with Gasteiger partial charge in [-0.3, -0.25) is 0 Å². The van der Waals surface area contributed by atoms with Crippen LogP contribution in [0.3, 0.4) is 0 Å². The van der Waals surface area contributed by atoms with Gasteiger partial charge in [-0.2, -0.15) is 5.10 Å². The van der Waals surface area contributed by atoms with Gasteiger partial charge in [0.25, 0.3) is 0 Å². The average Bonchev–Trinajstić information content (AvgIpc) is 2.83. The lowest BCUT2D eigenvalue weighted by molar-refractivity contribution is 0.234. The number of aromatic nitrogens is 3. The van der Waals surface area contributed by atoms with Gasteiger partial charge in [0, 0.05) is 18.4 Å². The summed E-state index contributed by atoms with van der Waals surface area (Å²) < 4.78 is 2.04. The molecule has 1 fully saturated rings. The lowest BCUT2D eigenvalue weighted by Crippen LogP contribution is -2.19. The normalized spacial score (nSPS) is 25.8. The Hall–Kier alpha value is -0.900. The molecule has 94 valence electrons. The van der Waals surface area contributed by atoms with Gasteiger partial charge in [-0.25, -0.2) is 9.67 Å². The number of aliphatic hydroxyl groups is 1. The molecule has 2 aliphatic rings. The maximum atomic E-state index is 9.38. The number of fused-ring (bicyclic) bond motifs is 1. The minimum absolute atomic E-state index is 0.211. The Labute approximate surface area is 102 Å². The van der Waals surface area contributed by atoms with Crippen LogP contribution < -0.4 is 0 Å². The van der Waals surface area contributed by atoms with E-state index in [1.807, 2.05) is 4.68 Å². The van der Waals surface area contributed by atoms with Gasteiger partial charge < -0.3 is 5.11 Å². The van der Waals surface area contributed by atoms with Gasteiger partial charge in [-0.05, 0) is 25.7 Å². The molecule has 1 aromatic rings. The van der Waals surface area contributed by atoms with Gasteiger partial charge in [0.05, 0.1) is 6.61 Å². The first-order valence-electron chi connectivity index (χ1n) is 6.94. The summed E-state index contributed by atoms with van der Waals surface area (Å²) in [5, 5.41) is 14.0. The summed E-state index contributed by atoms with van der Waals surface area (Å²) in [5.41, 5.74) is 0. The Morgan fingerprint density at radius 2 is 1.94 bits per heavy atom. The van der Waals surface area contributed by atoms with Crippen molar-refractivity contribution in [3.05, 3.63) is 11.6 Å². The summed E-state index contributed by atoms with van der Waals surface area (Å²) in [6.45, 7) is 1.19. The second kappa shape index (κ2) is 4.77. The third-order valence-corrected chi connectivity index (χ3v) is 4.20. The first kappa shape index (κ1) is 11.2. The highest BCUT2D eigenvalue weighted by molar-refractivity contribution is 5.06. The molecular formula is C13H21N3O. The van der Waals surface area contributed by atoms with Crippen molar-refractivity contribution in [2.75, 3.05) is 6.61 Å². The molecule has 4 nitrogen and oxygen atoms in total. The van der Waals surface area contributed by atoms with Crippen LogP contribution in [-0.2, 0) is 6.54 Å². The van der Waals surface area contributed by atoms with Crippen molar-refractivity contribution >= 4 is 0 Å². The second-order valence-corrected chi connectivity index (χ2v) is 5.41. The molecule has 0 amide bonds. The van der Waals surface area contributed by atoms with E-state index >= 15 is 0 Å². The van der Waals surface area contributed by atoms with Gasteiger partial charge in [0.15, 0.2) is 5.82 Å². The van der Waals surface area contributed by atoms with Crippen LogP contribution in [-0.4, -0.2) is 26.5 Å². The lowest BCUT2D eigenvalue weighted by Gasteiger charge is -2.19. The molecule has 1 saturated carbocycles. The summed E-state index contributed by atoms with van der Waals surface area (Å²) in [7, 11) is 0. The van der Waals surface area contributed by atoms with Crippen LogP contribution in [0.1, 0.15) is 68.4 Å². The van der Waals surface area contributed by atoms with Crippen LogP contribution in [0.4, 0.5) is 0 Å². The van der Waals surface area contributed by atoms with Crippen LogP contribution in [0.25, 0.3) is 0 Å². The van der Waals surface area contributed by atoms with Crippen LogP contribution in [0.15, 0.2) is 0 Å². The van der Waals surface area contributed by atoms with Crippen molar-refractivity contribution < 1.29 is 5.11 Å². The Morgan fingerprint density at radius 3 is 2.71 bits per heavy atom. The molecule has 1 aliphatic carbocycles. The molecule has 1 unspecified atom stereocenters. The monoisotopic (exact) mass is 235 g/mol. The fourth-order valence-electron chi connectivity index (χ4n) is 3.16. The van der Waals surface area contributed by atoms with E-state index in [2.05, 4.69) is 5.10 Å². The van der Waals surface area contributed by atoms with Crippen LogP contribution in [0.2, 0.25) is 0 Å². The highest BCUT2D eigenvalue weighted by Crippen LogP contribution is 2.33.